The van der Waals surface area contributed by atoms with Gasteiger partial charge in [-0.3, -0.25) is 10.5 Å². The topological polar surface area (TPSA) is 95.6 Å². The van der Waals surface area contributed by atoms with Gasteiger partial charge in [0.25, 0.3) is 0 Å². The highest BCUT2D eigenvalue weighted by Gasteiger charge is 2.26. The summed E-state index contributed by atoms with van der Waals surface area (Å²) in [6.45, 7) is 2.00. The molecule has 1 rings (SSSR count). The SMILES string of the molecule is CCCCCCCCCCCC(=O)Nc1ccccc1C(N)(O)CCO. The average Bonchev–Trinajstić information content (AvgIpc) is 2.60. The molecule has 5 nitrogen and oxygen atoms in total. The molecule has 1 unspecified atom stereocenters. The second-order valence-electron chi connectivity index (χ2n) is 7.07. The van der Waals surface area contributed by atoms with E-state index in [9.17, 15) is 9.90 Å². The molecule has 0 heterocycles. The zero-order valence-electron chi connectivity index (χ0n) is 16.2. The predicted molar refractivity (Wildman–Crippen MR) is 107 cm³/mol. The van der Waals surface area contributed by atoms with Gasteiger partial charge in [0.15, 0.2) is 0 Å². The van der Waals surface area contributed by atoms with Crippen LogP contribution >= 0.6 is 0 Å². The Morgan fingerprint density at radius 3 is 2.23 bits per heavy atom. The van der Waals surface area contributed by atoms with E-state index in [1.54, 1.807) is 24.3 Å². The van der Waals surface area contributed by atoms with Crippen LogP contribution in [0.25, 0.3) is 0 Å². The van der Waals surface area contributed by atoms with Crippen LogP contribution in [0.5, 0.6) is 0 Å². The van der Waals surface area contributed by atoms with Crippen LogP contribution in [0.15, 0.2) is 24.3 Å². The molecule has 0 saturated carbocycles. The van der Waals surface area contributed by atoms with Gasteiger partial charge < -0.3 is 15.5 Å². The van der Waals surface area contributed by atoms with Gasteiger partial charge >= 0.3 is 0 Å². The molecular weight excluding hydrogens is 328 g/mol. The Labute approximate surface area is 158 Å². The van der Waals surface area contributed by atoms with Crippen LogP contribution in [0, 0.1) is 0 Å². The zero-order valence-corrected chi connectivity index (χ0v) is 16.2. The number of benzene rings is 1. The minimum absolute atomic E-state index is 0.0120. The van der Waals surface area contributed by atoms with Gasteiger partial charge in [0, 0.05) is 30.7 Å². The van der Waals surface area contributed by atoms with Gasteiger partial charge in [-0.1, -0.05) is 76.5 Å². The van der Waals surface area contributed by atoms with Gasteiger partial charge in [0.05, 0.1) is 0 Å². The number of nitrogens with one attached hydrogen (secondary N) is 1. The molecule has 1 aromatic rings. The molecule has 1 aromatic carbocycles. The smallest absolute Gasteiger partial charge is 0.224 e. The van der Waals surface area contributed by atoms with Crippen molar-refractivity contribution in [2.45, 2.75) is 83.3 Å². The summed E-state index contributed by atoms with van der Waals surface area (Å²) >= 11 is 0. The normalized spacial score (nSPS) is 13.4. The van der Waals surface area contributed by atoms with Crippen molar-refractivity contribution < 1.29 is 15.0 Å². The van der Waals surface area contributed by atoms with E-state index in [0.29, 0.717) is 17.7 Å². The molecule has 0 fully saturated rings. The lowest BCUT2D eigenvalue weighted by atomic mass is 9.98. The molecule has 0 saturated heterocycles. The Bertz CT molecular complexity index is 518. The van der Waals surface area contributed by atoms with Crippen LogP contribution in [-0.4, -0.2) is 22.7 Å². The number of hydrogen-bond donors (Lipinski definition) is 4. The Morgan fingerprint density at radius 2 is 1.62 bits per heavy atom. The molecule has 5 N–H and O–H groups in total. The maximum absolute atomic E-state index is 12.2. The van der Waals surface area contributed by atoms with Crippen molar-refractivity contribution in [2.24, 2.45) is 5.73 Å². The number of aliphatic hydroxyl groups is 2. The van der Waals surface area contributed by atoms with Crippen molar-refractivity contribution in [3.8, 4) is 0 Å². The van der Waals surface area contributed by atoms with E-state index in [1.807, 2.05) is 0 Å². The van der Waals surface area contributed by atoms with Gasteiger partial charge in [-0.2, -0.15) is 0 Å². The summed E-state index contributed by atoms with van der Waals surface area (Å²) in [6, 6.07) is 6.93. The quantitative estimate of drug-likeness (QED) is 0.296. The summed E-state index contributed by atoms with van der Waals surface area (Å²) in [4.78, 5) is 12.2. The fraction of sp³-hybridized carbons (Fsp3) is 0.667. The van der Waals surface area contributed by atoms with Gasteiger partial charge in [-0.15, -0.1) is 0 Å². The Kier molecular flexibility index (Phi) is 11.2. The minimum atomic E-state index is -1.66. The maximum atomic E-state index is 12.2. The monoisotopic (exact) mass is 364 g/mol. The number of rotatable bonds is 14. The van der Waals surface area contributed by atoms with Crippen LogP contribution < -0.4 is 11.1 Å². The van der Waals surface area contributed by atoms with Crippen molar-refractivity contribution in [1.82, 2.24) is 0 Å². The third kappa shape index (κ3) is 8.79. The molecule has 5 heteroatoms. The van der Waals surface area contributed by atoms with Gasteiger partial charge in [-0.25, -0.2) is 0 Å². The van der Waals surface area contributed by atoms with E-state index in [0.717, 1.165) is 12.8 Å². The van der Waals surface area contributed by atoms with Crippen LogP contribution in [0.2, 0.25) is 0 Å². The van der Waals surface area contributed by atoms with Crippen LogP contribution in [0.3, 0.4) is 0 Å². The second-order valence-corrected chi connectivity index (χ2v) is 7.07. The number of aliphatic hydroxyl groups excluding tert-OH is 1. The lowest BCUT2D eigenvalue weighted by Crippen LogP contribution is -2.38. The largest absolute Gasteiger partial charge is 0.396 e. The van der Waals surface area contributed by atoms with Crippen molar-refractivity contribution in [3.63, 3.8) is 0 Å². The lowest BCUT2D eigenvalue weighted by molar-refractivity contribution is -0.116. The molecule has 0 radical (unpaired) electrons. The summed E-state index contributed by atoms with van der Waals surface area (Å²) in [5.74, 6) is -0.0693. The molecule has 26 heavy (non-hydrogen) atoms. The molecule has 0 aliphatic carbocycles. The third-order valence-electron chi connectivity index (χ3n) is 4.67. The minimum Gasteiger partial charge on any atom is -0.396 e. The number of carbonyl (C=O) groups excluding carboxylic acids is 1. The highest BCUT2D eigenvalue weighted by Crippen LogP contribution is 2.27. The number of unbranched alkanes of at least 4 members (excludes halogenated alkanes) is 8. The van der Waals surface area contributed by atoms with Crippen LogP contribution in [0.4, 0.5) is 5.69 Å². The summed E-state index contributed by atoms with van der Waals surface area (Å²) in [5, 5.41) is 22.2. The lowest BCUT2D eigenvalue weighted by Gasteiger charge is -2.25. The standard InChI is InChI=1S/C21H36N2O3/c1-2-3-4-5-6-7-8-9-10-15-20(25)23-19-14-12-11-13-18(19)21(22,26)16-17-24/h11-14,24,26H,2-10,15-17,22H2,1H3,(H,23,25). The Hall–Kier alpha value is -1.43. The highest BCUT2D eigenvalue weighted by atomic mass is 16.3. The summed E-state index contributed by atoms with van der Waals surface area (Å²) in [6.07, 6.45) is 11.4. The van der Waals surface area contributed by atoms with E-state index in [1.165, 1.54) is 44.9 Å². The Balaban J connectivity index is 2.31. The van der Waals surface area contributed by atoms with Crippen molar-refractivity contribution in [2.75, 3.05) is 11.9 Å². The summed E-state index contributed by atoms with van der Waals surface area (Å²) < 4.78 is 0. The maximum Gasteiger partial charge on any atom is 0.224 e. The first-order chi connectivity index (χ1) is 12.5. The fourth-order valence-electron chi connectivity index (χ4n) is 3.08. The Morgan fingerprint density at radius 1 is 1.04 bits per heavy atom. The summed E-state index contributed by atoms with van der Waals surface area (Å²) in [5.41, 5.74) is 5.14. The van der Waals surface area contributed by atoms with E-state index >= 15 is 0 Å². The van der Waals surface area contributed by atoms with Crippen LogP contribution in [-0.2, 0) is 10.5 Å². The number of hydrogen-bond acceptors (Lipinski definition) is 4. The first-order valence-electron chi connectivity index (χ1n) is 10.0. The molecule has 1 atom stereocenters. The fourth-order valence-corrected chi connectivity index (χ4v) is 3.08. The predicted octanol–water partition coefficient (Wildman–Crippen LogP) is 4.03. The molecule has 0 bridgehead atoms. The van der Waals surface area contributed by atoms with Crippen molar-refractivity contribution >= 4 is 11.6 Å². The number of nitrogens with two attached hydrogens (primary N) is 1. The molecular formula is C21H36N2O3. The van der Waals surface area contributed by atoms with E-state index < -0.39 is 5.72 Å². The second kappa shape index (κ2) is 12.8. The molecule has 148 valence electrons. The summed E-state index contributed by atoms with van der Waals surface area (Å²) in [7, 11) is 0. The van der Waals surface area contributed by atoms with E-state index in [2.05, 4.69) is 12.2 Å². The number of anilines is 1. The number of carbonyl (C=O) groups is 1. The first kappa shape index (κ1) is 22.6. The van der Waals surface area contributed by atoms with Gasteiger partial charge in [0.1, 0.15) is 5.72 Å². The molecule has 1 amide bonds. The highest BCUT2D eigenvalue weighted by molar-refractivity contribution is 5.91. The van der Waals surface area contributed by atoms with E-state index in [4.69, 9.17) is 10.8 Å². The molecule has 0 aromatic heterocycles. The van der Waals surface area contributed by atoms with E-state index in [-0.39, 0.29) is 18.9 Å². The number of amides is 1. The molecule has 0 aliphatic heterocycles. The molecule has 0 spiro atoms. The van der Waals surface area contributed by atoms with Crippen molar-refractivity contribution in [1.29, 1.82) is 0 Å². The van der Waals surface area contributed by atoms with Gasteiger partial charge in [-0.05, 0) is 12.5 Å². The number of para-hydroxylation sites is 1. The van der Waals surface area contributed by atoms with Crippen molar-refractivity contribution in [3.05, 3.63) is 29.8 Å². The average molecular weight is 365 g/mol. The third-order valence-corrected chi connectivity index (χ3v) is 4.67. The van der Waals surface area contributed by atoms with Crippen LogP contribution in [0.1, 0.15) is 83.1 Å². The first-order valence-corrected chi connectivity index (χ1v) is 10.0. The molecule has 0 aliphatic rings. The zero-order chi connectivity index (χ0) is 19.3. The van der Waals surface area contributed by atoms with Gasteiger partial charge in [0.2, 0.25) is 5.91 Å².